The Bertz CT molecular complexity index is 5820. The van der Waals surface area contributed by atoms with Crippen LogP contribution >= 0.6 is 0 Å². The zero-order chi connectivity index (χ0) is 77.5. The topological polar surface area (TPSA) is 16.3 Å². The average molecular weight is 1430 g/mol. The second kappa shape index (κ2) is 25.2. The molecule has 0 amide bonds. The van der Waals surface area contributed by atoms with E-state index >= 15 is 0 Å². The first-order valence-corrected chi connectivity index (χ1v) is 39.9. The molecule has 0 aliphatic carbocycles. The van der Waals surface area contributed by atoms with Crippen LogP contribution in [0.3, 0.4) is 0 Å². The van der Waals surface area contributed by atoms with Crippen LogP contribution in [0, 0.1) is 0 Å². The molecule has 0 radical (unpaired) electrons. The average Bonchev–Trinajstić information content (AvgIpc) is 1.65. The van der Waals surface area contributed by atoms with Crippen LogP contribution in [0.15, 0.2) is 237 Å². The van der Waals surface area contributed by atoms with Crippen LogP contribution in [0.25, 0.3) is 88.4 Å². The Hall–Kier alpha value is -10.1. The van der Waals surface area contributed by atoms with E-state index in [1.54, 1.807) is 0 Å². The van der Waals surface area contributed by atoms with Crippen LogP contribution in [-0.2, 0) is 43.3 Å². The van der Waals surface area contributed by atoms with Gasteiger partial charge in [-0.2, -0.15) is 0 Å². The largest absolute Gasteiger partial charge is 0.311 e. The van der Waals surface area contributed by atoms with Gasteiger partial charge in [0.25, 0.3) is 6.71 Å². The molecule has 4 heterocycles. The van der Waals surface area contributed by atoms with Gasteiger partial charge in [-0.1, -0.05) is 324 Å². The summed E-state index contributed by atoms with van der Waals surface area (Å²) in [5.41, 5.74) is 34.9. The van der Waals surface area contributed by atoms with Crippen LogP contribution in [0.4, 0.5) is 34.1 Å². The highest BCUT2D eigenvalue weighted by Crippen LogP contribution is 2.52. The van der Waals surface area contributed by atoms with Gasteiger partial charge in [-0.05, 0) is 216 Å². The molecule has 0 unspecified atom stereocenters. The second-order valence-electron chi connectivity index (χ2n) is 40.2. The highest BCUT2D eigenvalue weighted by atomic mass is 15.2. The summed E-state index contributed by atoms with van der Waals surface area (Å²) in [7, 11) is 0. The molecule has 2 aliphatic heterocycles. The molecular formula is C104H111BN4. The molecule has 0 N–H and O–H groups in total. The van der Waals surface area contributed by atoms with E-state index in [0.29, 0.717) is 0 Å². The van der Waals surface area contributed by atoms with Gasteiger partial charge in [0.2, 0.25) is 0 Å². The molecule has 4 nitrogen and oxygen atoms in total. The van der Waals surface area contributed by atoms with E-state index in [1.807, 2.05) is 0 Å². The predicted octanol–water partition coefficient (Wildman–Crippen LogP) is 27.3. The van der Waals surface area contributed by atoms with Gasteiger partial charge < -0.3 is 18.9 Å². The molecule has 550 valence electrons. The summed E-state index contributed by atoms with van der Waals surface area (Å²) < 4.78 is 5.15. The Labute approximate surface area is 651 Å². The summed E-state index contributed by atoms with van der Waals surface area (Å²) in [6, 6.07) is 93.7. The van der Waals surface area contributed by atoms with Crippen LogP contribution in [0.2, 0.25) is 0 Å². The maximum Gasteiger partial charge on any atom is 0.252 e. The number of fused-ring (bicyclic) bond motifs is 11. The summed E-state index contributed by atoms with van der Waals surface area (Å²) in [5.74, 6) is 0. The van der Waals surface area contributed by atoms with E-state index in [9.17, 15) is 0 Å². The van der Waals surface area contributed by atoms with Gasteiger partial charge in [-0.15, -0.1) is 0 Å². The Morgan fingerprint density at radius 3 is 1.03 bits per heavy atom. The number of nitrogens with zero attached hydrogens (tertiary/aromatic N) is 4. The van der Waals surface area contributed by atoms with Crippen molar-refractivity contribution in [1.29, 1.82) is 0 Å². The first-order chi connectivity index (χ1) is 51.1. The van der Waals surface area contributed by atoms with E-state index < -0.39 is 0 Å². The first kappa shape index (κ1) is 73.1. The number of aromatic nitrogens is 2. The van der Waals surface area contributed by atoms with Crippen molar-refractivity contribution < 1.29 is 0 Å². The van der Waals surface area contributed by atoms with Crippen LogP contribution in [0.1, 0.15) is 211 Å². The summed E-state index contributed by atoms with van der Waals surface area (Å²) in [6.07, 6.45) is 0. The molecule has 16 rings (SSSR count). The molecule has 2 aromatic heterocycles. The van der Waals surface area contributed by atoms with Crippen molar-refractivity contribution in [3.63, 3.8) is 0 Å². The summed E-state index contributed by atoms with van der Waals surface area (Å²) in [6.45, 7) is 56.3. The third kappa shape index (κ3) is 12.8. The fourth-order valence-electron chi connectivity index (χ4n) is 17.1. The molecule has 14 aromatic rings. The van der Waals surface area contributed by atoms with Gasteiger partial charge in [-0.3, -0.25) is 0 Å². The zero-order valence-corrected chi connectivity index (χ0v) is 69.4. The predicted molar refractivity (Wildman–Crippen MR) is 475 cm³/mol. The lowest BCUT2D eigenvalue weighted by Gasteiger charge is -2.45. The van der Waals surface area contributed by atoms with Crippen LogP contribution in [-0.4, -0.2) is 15.8 Å². The molecule has 0 bridgehead atoms. The van der Waals surface area contributed by atoms with Crippen molar-refractivity contribution in [2.24, 2.45) is 0 Å². The fraction of sp³-hybridized carbons (Fsp3) is 0.308. The van der Waals surface area contributed by atoms with E-state index in [1.165, 1.54) is 144 Å². The lowest BCUT2D eigenvalue weighted by Crippen LogP contribution is -2.61. The number of hydrogen-bond acceptors (Lipinski definition) is 2. The van der Waals surface area contributed by atoms with E-state index in [4.69, 9.17) is 0 Å². The molecule has 0 atom stereocenters. The minimum absolute atomic E-state index is 0.0414. The van der Waals surface area contributed by atoms with E-state index in [2.05, 4.69) is 422 Å². The normalized spacial score (nSPS) is 13.8. The zero-order valence-electron chi connectivity index (χ0n) is 69.4. The Morgan fingerprint density at radius 1 is 0.220 bits per heavy atom. The van der Waals surface area contributed by atoms with Crippen molar-refractivity contribution in [2.45, 2.75) is 209 Å². The number of rotatable bonds is 7. The summed E-state index contributed by atoms with van der Waals surface area (Å²) >= 11 is 0. The molecule has 5 heteroatoms. The van der Waals surface area contributed by atoms with Crippen molar-refractivity contribution in [3.8, 4) is 44.8 Å². The first-order valence-electron chi connectivity index (χ1n) is 39.9. The molecule has 109 heavy (non-hydrogen) atoms. The molecule has 0 saturated carbocycles. The fourth-order valence-corrected chi connectivity index (χ4v) is 17.1. The molecule has 0 saturated heterocycles. The third-order valence-corrected chi connectivity index (χ3v) is 23.8. The smallest absolute Gasteiger partial charge is 0.252 e. The molecular weight excluding hydrogens is 1320 g/mol. The molecule has 0 spiro atoms. The molecule has 2 aliphatic rings. The van der Waals surface area contributed by atoms with Crippen LogP contribution < -0.4 is 26.2 Å². The van der Waals surface area contributed by atoms with E-state index in [-0.39, 0.29) is 50.0 Å². The highest BCUT2D eigenvalue weighted by molar-refractivity contribution is 7.00. The SMILES string of the molecule is CC(C)(C)c1cc(-c2ccc(N3c4cc(-c5cc(C(C)(C)C)cc(C(C)(C)C)c5)ccc4B4c5ccc6c(c5N(c5cccc(-c7cc(C(C)(C)C)cc(C(C)(C)C)c7)c5)c5cc(-n7c8ccccc8c8ccccc87)cc3c54)c3ccccc3n6-c3cc(C(C)(C)C)cc(C(C)(C)C)c3)cc2)cc(C(C)(C)C)c1. The minimum Gasteiger partial charge on any atom is -0.311 e. The lowest BCUT2D eigenvalue weighted by atomic mass is 9.33. The molecule has 0 fully saturated rings. The van der Waals surface area contributed by atoms with Crippen molar-refractivity contribution in [1.82, 2.24) is 9.13 Å². The molecule has 12 aromatic carbocycles. The number of anilines is 6. The van der Waals surface area contributed by atoms with Crippen molar-refractivity contribution >= 4 is 101 Å². The van der Waals surface area contributed by atoms with Gasteiger partial charge in [0.1, 0.15) is 0 Å². The van der Waals surface area contributed by atoms with Gasteiger partial charge in [0.05, 0.1) is 33.4 Å². The Kier molecular flexibility index (Phi) is 16.9. The quantitative estimate of drug-likeness (QED) is 0.148. The van der Waals surface area contributed by atoms with Gasteiger partial charge in [0, 0.05) is 55.7 Å². The maximum absolute atomic E-state index is 2.72. The van der Waals surface area contributed by atoms with Gasteiger partial charge in [-0.25, -0.2) is 0 Å². The van der Waals surface area contributed by atoms with E-state index in [0.717, 1.165) is 39.5 Å². The minimum atomic E-state index is -0.214. The number of para-hydroxylation sites is 3. The monoisotopic (exact) mass is 1430 g/mol. The maximum atomic E-state index is 2.72. The lowest BCUT2D eigenvalue weighted by molar-refractivity contribution is 0.567. The summed E-state index contributed by atoms with van der Waals surface area (Å²) in [4.78, 5) is 5.38. The summed E-state index contributed by atoms with van der Waals surface area (Å²) in [5, 5.41) is 4.90. The van der Waals surface area contributed by atoms with Gasteiger partial charge in [0.15, 0.2) is 0 Å². The second-order valence-corrected chi connectivity index (χ2v) is 40.2. The Morgan fingerprint density at radius 2 is 0.578 bits per heavy atom. The standard InChI is InChI=1S/C104H111BN4/c1-97(2,3)70-48-67(49-71(56-70)98(4,5)6)64-40-43-78(44-41-64)106-91-55-66(69-52-74(101(13,14)15)58-75(53-69)102(16,17)18)42-45-85(91)105-86-46-47-90-94(84-36-27-30-39-89(84)108(90)80-60-76(103(19,20)21)59-77(61-80)104(22,23)24)96(86)109(79-33-31-32-65(54-79)68-50-72(99(7,8)9)57-73(51-68)100(10,11)12)93-63-81(62-92(106)95(93)105)107-87-37-28-25-34-82(87)83-35-26-29-38-88(83)107/h25-63H,1-24H3. The number of hydrogen-bond donors (Lipinski definition) is 0. The Balaban J connectivity index is 1.07. The number of benzene rings is 12. The van der Waals surface area contributed by atoms with Crippen molar-refractivity contribution in [2.75, 3.05) is 9.80 Å². The third-order valence-electron chi connectivity index (χ3n) is 23.8. The highest BCUT2D eigenvalue weighted by Gasteiger charge is 2.46. The van der Waals surface area contributed by atoms with Crippen molar-refractivity contribution in [3.05, 3.63) is 281 Å². The van der Waals surface area contributed by atoms with Crippen LogP contribution in [0.5, 0.6) is 0 Å². The van der Waals surface area contributed by atoms with Gasteiger partial charge >= 0.3 is 0 Å².